The summed E-state index contributed by atoms with van der Waals surface area (Å²) in [6.45, 7) is 2.63. The minimum atomic E-state index is 0.697. The summed E-state index contributed by atoms with van der Waals surface area (Å²) in [5.41, 5.74) is 2.99. The second-order valence-electron chi connectivity index (χ2n) is 6.68. The highest BCUT2D eigenvalue weighted by atomic mass is 16.5. The molecule has 0 aliphatic carbocycles. The Bertz CT molecular complexity index is 1120. The largest absolute Gasteiger partial charge is 0.496 e. The van der Waals surface area contributed by atoms with E-state index in [9.17, 15) is 0 Å². The lowest BCUT2D eigenvalue weighted by atomic mass is 10.1. The molecular formula is C23H23N5O. The quantitative estimate of drug-likeness (QED) is 0.479. The summed E-state index contributed by atoms with van der Waals surface area (Å²) in [6, 6.07) is 20.0. The van der Waals surface area contributed by atoms with Crippen LogP contribution < -0.4 is 15.4 Å². The molecule has 0 aliphatic rings. The molecule has 2 aromatic carbocycles. The second-order valence-corrected chi connectivity index (χ2v) is 6.68. The van der Waals surface area contributed by atoms with Crippen LogP contribution in [0.2, 0.25) is 0 Å². The zero-order valence-electron chi connectivity index (χ0n) is 16.5. The van der Waals surface area contributed by atoms with Crippen molar-refractivity contribution in [1.29, 1.82) is 0 Å². The fourth-order valence-electron chi connectivity index (χ4n) is 3.30. The molecular weight excluding hydrogens is 362 g/mol. The normalized spacial score (nSPS) is 10.7. The van der Waals surface area contributed by atoms with Crippen LogP contribution in [0, 0.1) is 6.92 Å². The van der Waals surface area contributed by atoms with Gasteiger partial charge < -0.3 is 15.4 Å². The number of para-hydroxylation sites is 2. The zero-order chi connectivity index (χ0) is 20.1. The molecule has 0 unspecified atom stereocenters. The first kappa shape index (κ1) is 18.7. The summed E-state index contributed by atoms with van der Waals surface area (Å²) >= 11 is 0. The number of aryl methyl sites for hydroxylation is 1. The molecule has 0 spiro atoms. The molecule has 0 aliphatic heterocycles. The highest BCUT2D eigenvalue weighted by Crippen LogP contribution is 2.25. The van der Waals surface area contributed by atoms with Gasteiger partial charge in [0, 0.05) is 24.2 Å². The molecule has 29 heavy (non-hydrogen) atoms. The van der Waals surface area contributed by atoms with Gasteiger partial charge in [0.2, 0.25) is 0 Å². The van der Waals surface area contributed by atoms with Crippen LogP contribution in [0.25, 0.3) is 10.9 Å². The Labute approximate surface area is 170 Å². The van der Waals surface area contributed by atoms with E-state index in [0.29, 0.717) is 5.82 Å². The predicted molar refractivity (Wildman–Crippen MR) is 117 cm³/mol. The van der Waals surface area contributed by atoms with E-state index in [1.54, 1.807) is 13.3 Å². The first-order valence-electron chi connectivity index (χ1n) is 9.55. The van der Waals surface area contributed by atoms with Crippen LogP contribution in [0.15, 0.2) is 66.9 Å². The van der Waals surface area contributed by atoms with Crippen LogP contribution in [0.4, 0.5) is 17.3 Å². The van der Waals surface area contributed by atoms with Crippen molar-refractivity contribution in [2.24, 2.45) is 0 Å². The number of nitrogens with zero attached hydrogens (tertiary/aromatic N) is 3. The van der Waals surface area contributed by atoms with Crippen molar-refractivity contribution >= 4 is 28.2 Å². The van der Waals surface area contributed by atoms with E-state index in [1.165, 1.54) is 0 Å². The first-order chi connectivity index (χ1) is 14.2. The number of methoxy groups -OCH3 is 1. The Morgan fingerprint density at radius 1 is 0.931 bits per heavy atom. The van der Waals surface area contributed by atoms with Crippen molar-refractivity contribution in [3.8, 4) is 5.75 Å². The van der Waals surface area contributed by atoms with E-state index in [-0.39, 0.29) is 0 Å². The maximum absolute atomic E-state index is 5.42. The maximum Gasteiger partial charge on any atom is 0.136 e. The third-order valence-corrected chi connectivity index (χ3v) is 4.63. The molecule has 0 amide bonds. The van der Waals surface area contributed by atoms with Gasteiger partial charge in [-0.25, -0.2) is 9.97 Å². The molecule has 0 saturated carbocycles. The molecule has 6 heteroatoms. The third kappa shape index (κ3) is 4.43. The number of rotatable bonds is 7. The SMILES string of the molecule is COc1ccccc1CCNc1cc(Nc2cccc3cccnc23)nc(C)n1. The summed E-state index contributed by atoms with van der Waals surface area (Å²) in [7, 11) is 1.69. The van der Waals surface area contributed by atoms with Crippen molar-refractivity contribution in [2.75, 3.05) is 24.3 Å². The molecule has 4 rings (SSSR count). The summed E-state index contributed by atoms with van der Waals surface area (Å²) in [6.07, 6.45) is 2.63. The molecule has 0 bridgehead atoms. The smallest absolute Gasteiger partial charge is 0.136 e. The minimum absolute atomic E-state index is 0.697. The fraction of sp³-hybridized carbons (Fsp3) is 0.174. The van der Waals surface area contributed by atoms with Crippen LogP contribution >= 0.6 is 0 Å². The van der Waals surface area contributed by atoms with Gasteiger partial charge in [0.1, 0.15) is 23.2 Å². The van der Waals surface area contributed by atoms with Crippen molar-refractivity contribution < 1.29 is 4.74 Å². The number of fused-ring (bicyclic) bond motifs is 1. The van der Waals surface area contributed by atoms with E-state index in [1.807, 2.05) is 61.5 Å². The number of hydrogen-bond donors (Lipinski definition) is 2. The van der Waals surface area contributed by atoms with Gasteiger partial charge in [-0.1, -0.05) is 36.4 Å². The van der Waals surface area contributed by atoms with E-state index < -0.39 is 0 Å². The number of ether oxygens (including phenoxy) is 1. The predicted octanol–water partition coefficient (Wildman–Crippen LogP) is 4.74. The highest BCUT2D eigenvalue weighted by Gasteiger charge is 2.07. The number of aromatic nitrogens is 3. The molecule has 0 fully saturated rings. The average molecular weight is 385 g/mol. The lowest BCUT2D eigenvalue weighted by molar-refractivity contribution is 0.410. The molecule has 2 heterocycles. The molecule has 4 aromatic rings. The van der Waals surface area contributed by atoms with Crippen LogP contribution in [0.1, 0.15) is 11.4 Å². The Balaban J connectivity index is 1.49. The van der Waals surface area contributed by atoms with Crippen molar-refractivity contribution in [3.05, 3.63) is 78.2 Å². The van der Waals surface area contributed by atoms with Gasteiger partial charge in [-0.3, -0.25) is 4.98 Å². The number of anilines is 3. The van der Waals surface area contributed by atoms with Crippen molar-refractivity contribution in [1.82, 2.24) is 15.0 Å². The minimum Gasteiger partial charge on any atom is -0.496 e. The lowest BCUT2D eigenvalue weighted by Gasteiger charge is -2.12. The average Bonchev–Trinajstić information content (AvgIpc) is 2.74. The number of nitrogens with one attached hydrogen (secondary N) is 2. The van der Waals surface area contributed by atoms with E-state index in [0.717, 1.165) is 52.5 Å². The van der Waals surface area contributed by atoms with Gasteiger partial charge in [-0.2, -0.15) is 0 Å². The molecule has 0 atom stereocenters. The van der Waals surface area contributed by atoms with E-state index in [2.05, 4.69) is 31.7 Å². The summed E-state index contributed by atoms with van der Waals surface area (Å²) in [5.74, 6) is 3.11. The molecule has 146 valence electrons. The van der Waals surface area contributed by atoms with Gasteiger partial charge in [-0.05, 0) is 37.1 Å². The zero-order valence-corrected chi connectivity index (χ0v) is 16.5. The Morgan fingerprint density at radius 3 is 2.66 bits per heavy atom. The van der Waals surface area contributed by atoms with Crippen LogP contribution in [-0.2, 0) is 6.42 Å². The van der Waals surface area contributed by atoms with Gasteiger partial charge in [0.15, 0.2) is 0 Å². The monoisotopic (exact) mass is 385 g/mol. The van der Waals surface area contributed by atoms with Crippen LogP contribution in [-0.4, -0.2) is 28.6 Å². The Hall–Kier alpha value is -3.67. The van der Waals surface area contributed by atoms with Crippen LogP contribution in [0.3, 0.4) is 0 Å². The molecule has 0 radical (unpaired) electrons. The maximum atomic E-state index is 5.42. The van der Waals surface area contributed by atoms with Gasteiger partial charge >= 0.3 is 0 Å². The van der Waals surface area contributed by atoms with Gasteiger partial charge in [0.25, 0.3) is 0 Å². The van der Waals surface area contributed by atoms with Crippen LogP contribution in [0.5, 0.6) is 5.75 Å². The standard InChI is InChI=1S/C23H23N5O/c1-16-26-21(24-14-12-17-7-3-4-11-20(17)29-2)15-22(27-16)28-19-10-5-8-18-9-6-13-25-23(18)19/h3-11,13,15H,12,14H2,1-2H3,(H2,24,26,27,28). The van der Waals surface area contributed by atoms with E-state index >= 15 is 0 Å². The third-order valence-electron chi connectivity index (χ3n) is 4.63. The number of hydrogen-bond acceptors (Lipinski definition) is 6. The van der Waals surface area contributed by atoms with E-state index in [4.69, 9.17) is 4.74 Å². The molecule has 6 nitrogen and oxygen atoms in total. The fourth-order valence-corrected chi connectivity index (χ4v) is 3.30. The van der Waals surface area contributed by atoms with Gasteiger partial charge in [-0.15, -0.1) is 0 Å². The Kier molecular flexibility index (Phi) is 5.52. The Morgan fingerprint density at radius 2 is 1.76 bits per heavy atom. The molecule has 2 aromatic heterocycles. The summed E-state index contributed by atoms with van der Waals surface area (Å²) < 4.78 is 5.42. The first-order valence-corrected chi connectivity index (χ1v) is 9.55. The van der Waals surface area contributed by atoms with Gasteiger partial charge in [0.05, 0.1) is 18.3 Å². The molecule has 2 N–H and O–H groups in total. The number of benzene rings is 2. The summed E-state index contributed by atoms with van der Waals surface area (Å²) in [5, 5.41) is 7.85. The molecule has 0 saturated heterocycles. The highest BCUT2D eigenvalue weighted by molar-refractivity contribution is 5.91. The van der Waals surface area contributed by atoms with Crippen molar-refractivity contribution in [3.63, 3.8) is 0 Å². The second kappa shape index (κ2) is 8.56. The topological polar surface area (TPSA) is 72.0 Å². The summed E-state index contributed by atoms with van der Waals surface area (Å²) in [4.78, 5) is 13.5. The number of pyridine rings is 1. The van der Waals surface area contributed by atoms with Crippen molar-refractivity contribution in [2.45, 2.75) is 13.3 Å². The lowest BCUT2D eigenvalue weighted by Crippen LogP contribution is -2.09.